The molecule has 0 bridgehead atoms. The third-order valence-corrected chi connectivity index (χ3v) is 5.78. The van der Waals surface area contributed by atoms with E-state index in [1.165, 1.54) is 11.8 Å². The predicted octanol–water partition coefficient (Wildman–Crippen LogP) is 5.13. The molecule has 5 nitrogen and oxygen atoms in total. The van der Waals surface area contributed by atoms with Gasteiger partial charge in [-0.15, -0.1) is 0 Å². The number of nitrogens with zero attached hydrogens (tertiary/aromatic N) is 2. The molecule has 0 atom stereocenters. The Balaban J connectivity index is 1.99. The SMILES string of the molecule is C=Cc1ccc(CSc2nc3cc(C(=O)NC(C)C)ccc3c(=O)n2CC(C)C)cc1. The number of rotatable bonds is 8. The number of nitrogens with one attached hydrogen (secondary N) is 1. The molecule has 31 heavy (non-hydrogen) atoms. The zero-order valence-electron chi connectivity index (χ0n) is 18.5. The highest BCUT2D eigenvalue weighted by Crippen LogP contribution is 2.24. The Morgan fingerprint density at radius 3 is 2.48 bits per heavy atom. The van der Waals surface area contributed by atoms with Gasteiger partial charge in [-0.2, -0.15) is 0 Å². The zero-order valence-corrected chi connectivity index (χ0v) is 19.3. The molecule has 0 aliphatic rings. The normalized spacial score (nSPS) is 11.3. The molecular formula is C25H29N3O2S. The fourth-order valence-corrected chi connectivity index (χ4v) is 4.19. The molecule has 0 aliphatic heterocycles. The highest BCUT2D eigenvalue weighted by molar-refractivity contribution is 7.98. The monoisotopic (exact) mass is 435 g/mol. The van der Waals surface area contributed by atoms with Gasteiger partial charge in [-0.1, -0.05) is 62.5 Å². The van der Waals surface area contributed by atoms with Crippen LogP contribution < -0.4 is 10.9 Å². The lowest BCUT2D eigenvalue weighted by Gasteiger charge is -2.15. The van der Waals surface area contributed by atoms with Crippen LogP contribution >= 0.6 is 11.8 Å². The van der Waals surface area contributed by atoms with Gasteiger partial charge in [0.25, 0.3) is 11.5 Å². The van der Waals surface area contributed by atoms with Gasteiger partial charge in [0, 0.05) is 23.9 Å². The van der Waals surface area contributed by atoms with Gasteiger partial charge in [0.05, 0.1) is 10.9 Å². The summed E-state index contributed by atoms with van der Waals surface area (Å²) in [4.78, 5) is 30.4. The second kappa shape index (κ2) is 9.96. The maximum absolute atomic E-state index is 13.2. The van der Waals surface area contributed by atoms with Crippen molar-refractivity contribution in [2.75, 3.05) is 0 Å². The second-order valence-corrected chi connectivity index (χ2v) is 9.24. The number of carbonyl (C=O) groups is 1. The lowest BCUT2D eigenvalue weighted by Crippen LogP contribution is -2.30. The minimum Gasteiger partial charge on any atom is -0.350 e. The molecule has 6 heteroatoms. The van der Waals surface area contributed by atoms with Crippen molar-refractivity contribution in [3.63, 3.8) is 0 Å². The smallest absolute Gasteiger partial charge is 0.262 e. The van der Waals surface area contributed by atoms with Crippen LogP contribution in [0.15, 0.2) is 59.0 Å². The number of aromatic nitrogens is 2. The van der Waals surface area contributed by atoms with Gasteiger partial charge in [0.2, 0.25) is 0 Å². The Morgan fingerprint density at radius 2 is 1.87 bits per heavy atom. The van der Waals surface area contributed by atoms with Crippen LogP contribution in [0.25, 0.3) is 17.0 Å². The molecule has 0 saturated heterocycles. The zero-order chi connectivity index (χ0) is 22.5. The summed E-state index contributed by atoms with van der Waals surface area (Å²) in [6.45, 7) is 12.4. The van der Waals surface area contributed by atoms with Crippen LogP contribution in [0, 0.1) is 5.92 Å². The highest BCUT2D eigenvalue weighted by Gasteiger charge is 2.15. The Hall–Kier alpha value is -2.86. The fourth-order valence-electron chi connectivity index (χ4n) is 3.22. The molecule has 0 aliphatic carbocycles. The number of fused-ring (bicyclic) bond motifs is 1. The minimum atomic E-state index is -0.165. The number of hydrogen-bond donors (Lipinski definition) is 1. The lowest BCUT2D eigenvalue weighted by molar-refractivity contribution is 0.0943. The topological polar surface area (TPSA) is 64.0 Å². The van der Waals surface area contributed by atoms with Crippen molar-refractivity contribution < 1.29 is 4.79 Å². The number of amides is 1. The Kier molecular flexibility index (Phi) is 7.33. The van der Waals surface area contributed by atoms with Crippen molar-refractivity contribution in [2.24, 2.45) is 5.92 Å². The predicted molar refractivity (Wildman–Crippen MR) is 130 cm³/mol. The molecular weight excluding hydrogens is 406 g/mol. The van der Waals surface area contributed by atoms with Gasteiger partial charge in [-0.25, -0.2) is 4.98 Å². The summed E-state index contributed by atoms with van der Waals surface area (Å²) < 4.78 is 1.75. The first kappa shape index (κ1) is 22.8. The molecule has 1 amide bonds. The van der Waals surface area contributed by atoms with Crippen molar-refractivity contribution >= 4 is 34.6 Å². The van der Waals surface area contributed by atoms with Gasteiger partial charge in [0.15, 0.2) is 5.16 Å². The molecule has 0 fully saturated rings. The second-order valence-electron chi connectivity index (χ2n) is 8.30. The van der Waals surface area contributed by atoms with E-state index in [1.807, 2.05) is 32.1 Å². The van der Waals surface area contributed by atoms with Crippen molar-refractivity contribution in [1.29, 1.82) is 0 Å². The summed E-state index contributed by atoms with van der Waals surface area (Å²) in [5.74, 6) is 0.835. The van der Waals surface area contributed by atoms with Gasteiger partial charge < -0.3 is 5.32 Å². The van der Waals surface area contributed by atoms with Crippen LogP contribution in [0.2, 0.25) is 0 Å². The van der Waals surface area contributed by atoms with E-state index in [0.717, 1.165) is 11.1 Å². The van der Waals surface area contributed by atoms with Gasteiger partial charge in [-0.3, -0.25) is 14.2 Å². The average Bonchev–Trinajstić information content (AvgIpc) is 2.73. The number of thioether (sulfide) groups is 1. The van der Waals surface area contributed by atoms with E-state index >= 15 is 0 Å². The largest absolute Gasteiger partial charge is 0.350 e. The summed E-state index contributed by atoms with van der Waals surface area (Å²) in [6.07, 6.45) is 1.81. The molecule has 3 aromatic rings. The quantitative estimate of drug-likeness (QED) is 0.394. The summed E-state index contributed by atoms with van der Waals surface area (Å²) >= 11 is 1.53. The van der Waals surface area contributed by atoms with E-state index in [2.05, 4.69) is 37.9 Å². The molecule has 0 spiro atoms. The van der Waals surface area contributed by atoms with Crippen LogP contribution in [0.1, 0.15) is 49.2 Å². The molecule has 2 aromatic carbocycles. The molecule has 0 radical (unpaired) electrons. The first-order chi connectivity index (χ1) is 14.8. The van der Waals surface area contributed by atoms with Crippen LogP contribution in [0.4, 0.5) is 0 Å². The first-order valence-electron chi connectivity index (χ1n) is 10.5. The van der Waals surface area contributed by atoms with E-state index in [4.69, 9.17) is 4.98 Å². The molecule has 1 heterocycles. The van der Waals surface area contributed by atoms with Crippen LogP contribution in [-0.4, -0.2) is 21.5 Å². The lowest BCUT2D eigenvalue weighted by atomic mass is 10.1. The Bertz CT molecular complexity index is 1150. The maximum Gasteiger partial charge on any atom is 0.262 e. The molecule has 1 aromatic heterocycles. The number of hydrogen-bond acceptors (Lipinski definition) is 4. The molecule has 1 N–H and O–H groups in total. The van der Waals surface area contributed by atoms with E-state index in [-0.39, 0.29) is 17.5 Å². The van der Waals surface area contributed by atoms with E-state index in [0.29, 0.717) is 39.8 Å². The van der Waals surface area contributed by atoms with Gasteiger partial charge in [-0.05, 0) is 49.1 Å². The summed E-state index contributed by atoms with van der Waals surface area (Å²) in [7, 11) is 0. The van der Waals surface area contributed by atoms with Crippen LogP contribution in [-0.2, 0) is 12.3 Å². The molecule has 3 rings (SSSR count). The van der Waals surface area contributed by atoms with Gasteiger partial charge >= 0.3 is 0 Å². The fraction of sp³-hybridized carbons (Fsp3) is 0.320. The van der Waals surface area contributed by atoms with Crippen molar-refractivity contribution in [2.45, 2.75) is 51.2 Å². The third-order valence-electron chi connectivity index (χ3n) is 4.73. The minimum absolute atomic E-state index is 0.0359. The summed E-state index contributed by atoms with van der Waals surface area (Å²) in [5, 5.41) is 4.08. The Labute approximate surface area is 187 Å². The van der Waals surface area contributed by atoms with Crippen molar-refractivity contribution in [3.05, 3.63) is 76.1 Å². The molecule has 0 saturated carbocycles. The highest BCUT2D eigenvalue weighted by atomic mass is 32.2. The van der Waals surface area contributed by atoms with Crippen molar-refractivity contribution in [1.82, 2.24) is 14.9 Å². The number of carbonyl (C=O) groups excluding carboxylic acids is 1. The number of benzene rings is 2. The van der Waals surface area contributed by atoms with Crippen LogP contribution in [0.3, 0.4) is 0 Å². The Morgan fingerprint density at radius 1 is 1.16 bits per heavy atom. The van der Waals surface area contributed by atoms with Crippen LogP contribution in [0.5, 0.6) is 0 Å². The molecule has 162 valence electrons. The van der Waals surface area contributed by atoms with E-state index < -0.39 is 0 Å². The first-order valence-corrected chi connectivity index (χ1v) is 11.5. The average molecular weight is 436 g/mol. The van der Waals surface area contributed by atoms with Gasteiger partial charge in [0.1, 0.15) is 0 Å². The maximum atomic E-state index is 13.2. The summed E-state index contributed by atoms with van der Waals surface area (Å²) in [6, 6.07) is 13.3. The molecule has 0 unspecified atom stereocenters. The third kappa shape index (κ3) is 5.64. The van der Waals surface area contributed by atoms with E-state index in [1.54, 1.807) is 22.8 Å². The van der Waals surface area contributed by atoms with Crippen molar-refractivity contribution in [3.8, 4) is 0 Å². The standard InChI is InChI=1S/C25H29N3O2S/c1-6-18-7-9-19(10-8-18)15-31-25-27-22-13-20(23(29)26-17(4)5)11-12-21(22)24(30)28(25)14-16(2)3/h6-13,16-17H,1,14-15H2,2-5H3,(H,26,29). The van der Waals surface area contributed by atoms with E-state index in [9.17, 15) is 9.59 Å². The summed E-state index contributed by atoms with van der Waals surface area (Å²) in [5.41, 5.74) is 3.20.